The smallest absolute Gasteiger partial charge is 0.280 e. The van der Waals surface area contributed by atoms with Crippen LogP contribution in [0.5, 0.6) is 0 Å². The Kier molecular flexibility index (Phi) is 2.01. The molecular formula is C12H12N6O. The Bertz CT molecular complexity index is 844. The first-order valence-electron chi connectivity index (χ1n) is 6.41. The van der Waals surface area contributed by atoms with Crippen molar-refractivity contribution < 1.29 is 0 Å². The summed E-state index contributed by atoms with van der Waals surface area (Å²) in [5.74, 6) is 1.14. The van der Waals surface area contributed by atoms with Crippen LogP contribution in [0.15, 0.2) is 17.1 Å². The molecule has 0 N–H and O–H groups in total. The van der Waals surface area contributed by atoms with E-state index in [1.54, 1.807) is 9.08 Å². The minimum absolute atomic E-state index is 0.0945. The number of hydrogen-bond donors (Lipinski definition) is 0. The van der Waals surface area contributed by atoms with E-state index < -0.39 is 0 Å². The van der Waals surface area contributed by atoms with Gasteiger partial charge in [-0.2, -0.15) is 9.50 Å². The summed E-state index contributed by atoms with van der Waals surface area (Å²) in [7, 11) is 0. The van der Waals surface area contributed by atoms with Gasteiger partial charge in [-0.15, -0.1) is 15.3 Å². The van der Waals surface area contributed by atoms with Gasteiger partial charge in [-0.1, -0.05) is 6.92 Å². The number of rotatable bonds is 2. The minimum atomic E-state index is -0.0945. The Morgan fingerprint density at radius 3 is 2.95 bits per heavy atom. The van der Waals surface area contributed by atoms with E-state index in [-0.39, 0.29) is 5.56 Å². The zero-order valence-electron chi connectivity index (χ0n) is 10.4. The van der Waals surface area contributed by atoms with Crippen molar-refractivity contribution in [3.63, 3.8) is 0 Å². The average molecular weight is 256 g/mol. The third-order valence-electron chi connectivity index (χ3n) is 3.43. The van der Waals surface area contributed by atoms with Gasteiger partial charge in [0.2, 0.25) is 0 Å². The molecule has 7 nitrogen and oxygen atoms in total. The van der Waals surface area contributed by atoms with Crippen molar-refractivity contribution in [2.45, 2.75) is 32.2 Å². The quantitative estimate of drug-likeness (QED) is 0.675. The Labute approximate surface area is 107 Å². The Morgan fingerprint density at radius 1 is 1.37 bits per heavy atom. The zero-order valence-corrected chi connectivity index (χ0v) is 10.4. The monoisotopic (exact) mass is 256 g/mol. The highest BCUT2D eigenvalue weighted by Crippen LogP contribution is 2.33. The molecule has 0 atom stereocenters. The minimum Gasteiger partial charge on any atom is -0.310 e. The third kappa shape index (κ3) is 1.47. The summed E-state index contributed by atoms with van der Waals surface area (Å²) in [6.07, 6.45) is 4.66. The lowest BCUT2D eigenvalue weighted by molar-refractivity contribution is 0.709. The van der Waals surface area contributed by atoms with Crippen molar-refractivity contribution >= 4 is 16.8 Å². The highest BCUT2D eigenvalue weighted by molar-refractivity contribution is 5.74. The van der Waals surface area contributed by atoms with Gasteiger partial charge in [0.1, 0.15) is 5.52 Å². The second-order valence-corrected chi connectivity index (χ2v) is 4.79. The first kappa shape index (κ1) is 10.6. The van der Waals surface area contributed by atoms with Crippen molar-refractivity contribution in [1.29, 1.82) is 0 Å². The van der Waals surface area contributed by atoms with E-state index >= 15 is 0 Å². The summed E-state index contributed by atoms with van der Waals surface area (Å²) in [6.45, 7) is 1.98. The summed E-state index contributed by atoms with van der Waals surface area (Å²) in [4.78, 5) is 16.6. The highest BCUT2D eigenvalue weighted by atomic mass is 16.1. The summed E-state index contributed by atoms with van der Waals surface area (Å²) in [5, 5.41) is 12.4. The maximum absolute atomic E-state index is 12.3. The average Bonchev–Trinajstić information content (AvgIpc) is 3.17. The Morgan fingerprint density at radius 2 is 2.21 bits per heavy atom. The van der Waals surface area contributed by atoms with E-state index in [0.29, 0.717) is 28.7 Å². The fourth-order valence-corrected chi connectivity index (χ4v) is 2.25. The van der Waals surface area contributed by atoms with Gasteiger partial charge >= 0.3 is 0 Å². The van der Waals surface area contributed by atoms with Gasteiger partial charge < -0.3 is 4.57 Å². The molecule has 0 aromatic carbocycles. The Hall–Kier alpha value is -2.31. The molecule has 3 heterocycles. The molecule has 0 saturated heterocycles. The normalized spacial score (nSPS) is 15.4. The lowest BCUT2D eigenvalue weighted by Crippen LogP contribution is -2.20. The largest absolute Gasteiger partial charge is 0.310 e. The fraction of sp³-hybridized carbons (Fsp3) is 0.417. The van der Waals surface area contributed by atoms with E-state index in [0.717, 1.165) is 19.3 Å². The molecule has 7 heteroatoms. The first-order chi connectivity index (χ1) is 9.28. The third-order valence-corrected chi connectivity index (χ3v) is 3.43. The van der Waals surface area contributed by atoms with Gasteiger partial charge in [-0.3, -0.25) is 4.79 Å². The van der Waals surface area contributed by atoms with Gasteiger partial charge in [0.25, 0.3) is 11.3 Å². The Balaban J connectivity index is 2.08. The second-order valence-electron chi connectivity index (χ2n) is 4.79. The molecule has 3 aromatic heterocycles. The summed E-state index contributed by atoms with van der Waals surface area (Å²) < 4.78 is 3.33. The van der Waals surface area contributed by atoms with Crippen LogP contribution in [0.2, 0.25) is 0 Å². The van der Waals surface area contributed by atoms with Crippen LogP contribution in [-0.2, 0) is 6.42 Å². The SMILES string of the molecule is CCc1nc2nnc3c(=O)n(C4CC4)ccc3n2n1. The van der Waals surface area contributed by atoms with Gasteiger partial charge in [0, 0.05) is 18.7 Å². The molecule has 0 spiro atoms. The topological polar surface area (TPSA) is 78.0 Å². The molecule has 1 aliphatic rings. The van der Waals surface area contributed by atoms with Crippen molar-refractivity contribution in [3.05, 3.63) is 28.4 Å². The van der Waals surface area contributed by atoms with Crippen LogP contribution in [0.1, 0.15) is 31.6 Å². The van der Waals surface area contributed by atoms with E-state index in [1.807, 2.05) is 19.2 Å². The first-order valence-corrected chi connectivity index (χ1v) is 6.41. The number of pyridine rings is 1. The van der Waals surface area contributed by atoms with Crippen LogP contribution in [0.25, 0.3) is 16.8 Å². The molecule has 4 rings (SSSR count). The summed E-state index contributed by atoms with van der Waals surface area (Å²) >= 11 is 0. The van der Waals surface area contributed by atoms with Crippen LogP contribution >= 0.6 is 0 Å². The lowest BCUT2D eigenvalue weighted by Gasteiger charge is -2.04. The van der Waals surface area contributed by atoms with Crippen molar-refractivity contribution in [2.75, 3.05) is 0 Å². The molecule has 0 bridgehead atoms. The van der Waals surface area contributed by atoms with E-state index in [9.17, 15) is 4.79 Å². The van der Waals surface area contributed by atoms with Crippen LogP contribution < -0.4 is 5.56 Å². The fourth-order valence-electron chi connectivity index (χ4n) is 2.25. The van der Waals surface area contributed by atoms with Crippen LogP contribution in [0.3, 0.4) is 0 Å². The zero-order chi connectivity index (χ0) is 13.0. The number of aryl methyl sites for hydroxylation is 1. The highest BCUT2D eigenvalue weighted by Gasteiger charge is 2.25. The molecule has 1 saturated carbocycles. The maximum atomic E-state index is 12.3. The van der Waals surface area contributed by atoms with Gasteiger partial charge in [-0.25, -0.2) is 0 Å². The number of hydrogen-bond acceptors (Lipinski definition) is 5. The van der Waals surface area contributed by atoms with Crippen molar-refractivity contribution in [2.24, 2.45) is 0 Å². The molecular weight excluding hydrogens is 244 g/mol. The predicted octanol–water partition coefficient (Wildman–Crippen LogP) is 0.731. The number of nitrogens with zero attached hydrogens (tertiary/aromatic N) is 6. The van der Waals surface area contributed by atoms with Gasteiger partial charge in [0.05, 0.1) is 0 Å². The standard InChI is InChI=1S/C12H12N6O/c1-2-9-13-12-15-14-10-8(18(12)16-9)5-6-17(11(10)19)7-3-4-7/h5-7H,2-4H2,1H3. The number of fused-ring (bicyclic) bond motifs is 3. The molecule has 96 valence electrons. The molecule has 1 aliphatic carbocycles. The van der Waals surface area contributed by atoms with Crippen molar-refractivity contribution in [1.82, 2.24) is 29.4 Å². The molecule has 0 unspecified atom stereocenters. The molecule has 0 amide bonds. The van der Waals surface area contributed by atoms with Crippen molar-refractivity contribution in [3.8, 4) is 0 Å². The molecule has 0 radical (unpaired) electrons. The van der Waals surface area contributed by atoms with Crippen LogP contribution in [-0.4, -0.2) is 29.4 Å². The number of aromatic nitrogens is 6. The van der Waals surface area contributed by atoms with Crippen LogP contribution in [0, 0.1) is 0 Å². The van der Waals surface area contributed by atoms with Gasteiger partial charge in [0.15, 0.2) is 11.3 Å². The van der Waals surface area contributed by atoms with E-state index in [4.69, 9.17) is 0 Å². The molecule has 1 fully saturated rings. The molecule has 19 heavy (non-hydrogen) atoms. The predicted molar refractivity (Wildman–Crippen MR) is 68.0 cm³/mol. The van der Waals surface area contributed by atoms with E-state index in [1.165, 1.54) is 0 Å². The van der Waals surface area contributed by atoms with E-state index in [2.05, 4.69) is 20.3 Å². The lowest BCUT2D eigenvalue weighted by atomic mass is 10.4. The van der Waals surface area contributed by atoms with Gasteiger partial charge in [-0.05, 0) is 18.9 Å². The summed E-state index contributed by atoms with van der Waals surface area (Å²) in [6, 6.07) is 2.20. The second kappa shape index (κ2) is 3.59. The molecule has 0 aliphatic heterocycles. The van der Waals surface area contributed by atoms with Crippen LogP contribution in [0.4, 0.5) is 0 Å². The summed E-state index contributed by atoms with van der Waals surface area (Å²) in [5.41, 5.74) is 0.927. The molecule has 3 aromatic rings. The maximum Gasteiger partial charge on any atom is 0.280 e.